The predicted molar refractivity (Wildman–Crippen MR) is 227 cm³/mol. The van der Waals surface area contributed by atoms with Crippen molar-refractivity contribution in [1.29, 1.82) is 0 Å². The molecule has 6 aromatic carbocycles. The number of sulfone groups is 6. The van der Waals surface area contributed by atoms with Crippen LogP contribution in [-0.2, 0) is 71.3 Å². The Bertz CT molecular complexity index is 3320. The summed E-state index contributed by atoms with van der Waals surface area (Å²) in [6, 6.07) is 28.8. The molecular formula is C42H39NO12S6. The van der Waals surface area contributed by atoms with Crippen LogP contribution >= 0.6 is 0 Å². The number of nitrogens with zero attached hydrogens (tertiary/aromatic N) is 1. The summed E-state index contributed by atoms with van der Waals surface area (Å²) in [7, 11) is -20.8. The normalized spacial score (nSPS) is 13.0. The van der Waals surface area contributed by atoms with Crippen LogP contribution in [0.1, 0.15) is 16.7 Å². The van der Waals surface area contributed by atoms with Crippen LogP contribution < -0.4 is 0 Å². The van der Waals surface area contributed by atoms with Crippen LogP contribution in [0, 0.1) is 6.92 Å². The fourth-order valence-corrected chi connectivity index (χ4v) is 13.6. The number of hydrogen-bond acceptors (Lipinski definition) is 13. The smallest absolute Gasteiger partial charge is 0.206 e. The minimum atomic E-state index is -4.23. The molecule has 61 heavy (non-hydrogen) atoms. The van der Waals surface area contributed by atoms with Gasteiger partial charge in [-0.25, -0.2) is 50.5 Å². The van der Waals surface area contributed by atoms with Gasteiger partial charge in [-0.2, -0.15) is 0 Å². The highest BCUT2D eigenvalue weighted by Gasteiger charge is 2.27. The van der Waals surface area contributed by atoms with E-state index < -0.39 is 64.8 Å². The quantitative estimate of drug-likeness (QED) is 0.127. The summed E-state index contributed by atoms with van der Waals surface area (Å²) < 4.78 is 158. The van der Waals surface area contributed by atoms with Crippen LogP contribution in [0.5, 0.6) is 0 Å². The summed E-state index contributed by atoms with van der Waals surface area (Å²) in [5.41, 5.74) is 1.28. The van der Waals surface area contributed by atoms with Crippen molar-refractivity contribution in [3.63, 3.8) is 0 Å². The van der Waals surface area contributed by atoms with Crippen molar-refractivity contribution >= 4 is 59.0 Å². The maximum Gasteiger partial charge on any atom is 0.206 e. The van der Waals surface area contributed by atoms with E-state index in [0.717, 1.165) is 60.4 Å². The SMILES string of the molecule is Cc1ccc(S(=O)(=O)c2ccc(S(=O)(=O)c3ccc(S(=O)(=O)Cc4ccc(S(=O)(=O)c5ccc(S(=O)(=O)c6ccc(S(C)(=O)=O)cc6)cc5)cc4)c(CN(C)C)c3)cc2)cc1. The van der Waals surface area contributed by atoms with E-state index in [0.29, 0.717) is 0 Å². The van der Waals surface area contributed by atoms with Gasteiger partial charge in [0.05, 0.1) is 54.7 Å². The van der Waals surface area contributed by atoms with Crippen molar-refractivity contribution in [3.05, 3.63) is 156 Å². The van der Waals surface area contributed by atoms with Crippen LogP contribution in [0.3, 0.4) is 0 Å². The molecule has 0 aromatic heterocycles. The van der Waals surface area contributed by atoms with Crippen LogP contribution in [0.2, 0.25) is 0 Å². The summed E-state index contributed by atoms with van der Waals surface area (Å²) in [4.78, 5) is 0.174. The zero-order valence-corrected chi connectivity index (χ0v) is 37.9. The van der Waals surface area contributed by atoms with E-state index in [1.807, 2.05) is 6.92 Å². The van der Waals surface area contributed by atoms with Crippen LogP contribution in [-0.4, -0.2) is 75.8 Å². The van der Waals surface area contributed by atoms with Gasteiger partial charge in [0.1, 0.15) is 0 Å². The van der Waals surface area contributed by atoms with Gasteiger partial charge in [0.2, 0.25) is 39.3 Å². The molecule has 0 radical (unpaired) electrons. The fraction of sp³-hybridized carbons (Fsp3) is 0.143. The molecule has 13 nitrogen and oxygen atoms in total. The molecule has 0 atom stereocenters. The second-order valence-electron chi connectivity index (χ2n) is 14.4. The van der Waals surface area contributed by atoms with E-state index >= 15 is 0 Å². The van der Waals surface area contributed by atoms with Crippen molar-refractivity contribution in [1.82, 2.24) is 4.90 Å². The second kappa shape index (κ2) is 16.7. The van der Waals surface area contributed by atoms with E-state index in [-0.39, 0.29) is 66.6 Å². The van der Waals surface area contributed by atoms with Crippen LogP contribution in [0.25, 0.3) is 0 Å². The summed E-state index contributed by atoms with van der Waals surface area (Å²) in [5, 5.41) is 0. The zero-order valence-electron chi connectivity index (χ0n) is 33.0. The Morgan fingerprint density at radius 2 is 0.689 bits per heavy atom. The minimum Gasteiger partial charge on any atom is -0.305 e. The highest BCUT2D eigenvalue weighted by atomic mass is 32.2. The second-order valence-corrected chi connectivity index (χ2v) is 26.2. The average Bonchev–Trinajstić information content (AvgIpc) is 3.20. The molecule has 0 heterocycles. The minimum absolute atomic E-state index is 0.0401. The van der Waals surface area contributed by atoms with Gasteiger partial charge in [-0.3, -0.25) is 0 Å². The van der Waals surface area contributed by atoms with Crippen molar-refractivity contribution in [3.8, 4) is 0 Å². The third kappa shape index (κ3) is 9.57. The summed E-state index contributed by atoms with van der Waals surface area (Å²) in [5.74, 6) is -0.561. The molecule has 0 amide bonds. The first-order valence-corrected chi connectivity index (χ1v) is 27.5. The van der Waals surface area contributed by atoms with Gasteiger partial charge < -0.3 is 4.90 Å². The fourth-order valence-electron chi connectivity index (χ4n) is 6.28. The first-order valence-electron chi connectivity index (χ1n) is 18.0. The van der Waals surface area contributed by atoms with Crippen LogP contribution in [0.4, 0.5) is 0 Å². The molecule has 0 N–H and O–H groups in total. The zero-order chi connectivity index (χ0) is 44.8. The summed E-state index contributed by atoms with van der Waals surface area (Å²) in [6.07, 6.45) is 0.988. The average molecular weight is 942 g/mol. The van der Waals surface area contributed by atoms with Gasteiger partial charge >= 0.3 is 0 Å². The molecule has 0 bridgehead atoms. The molecule has 19 heteroatoms. The van der Waals surface area contributed by atoms with E-state index in [1.54, 1.807) is 31.1 Å². The topological polar surface area (TPSA) is 208 Å². The lowest BCUT2D eigenvalue weighted by Gasteiger charge is -2.17. The largest absolute Gasteiger partial charge is 0.305 e. The summed E-state index contributed by atoms with van der Waals surface area (Å²) in [6.45, 7) is 1.86. The number of benzene rings is 6. The summed E-state index contributed by atoms with van der Waals surface area (Å²) >= 11 is 0. The molecule has 0 aliphatic carbocycles. The Morgan fingerprint density at radius 1 is 0.393 bits per heavy atom. The van der Waals surface area contributed by atoms with Gasteiger partial charge in [0.25, 0.3) is 0 Å². The van der Waals surface area contributed by atoms with E-state index in [1.165, 1.54) is 78.9 Å². The van der Waals surface area contributed by atoms with Crippen molar-refractivity contribution < 1.29 is 50.5 Å². The molecule has 0 fully saturated rings. The Morgan fingerprint density at radius 3 is 1.03 bits per heavy atom. The third-order valence-electron chi connectivity index (χ3n) is 9.54. The lowest BCUT2D eigenvalue weighted by Crippen LogP contribution is -2.16. The van der Waals surface area contributed by atoms with Gasteiger partial charge in [0, 0.05) is 12.8 Å². The molecule has 0 saturated carbocycles. The monoisotopic (exact) mass is 941 g/mol. The highest BCUT2D eigenvalue weighted by Crippen LogP contribution is 2.31. The van der Waals surface area contributed by atoms with Crippen LogP contribution in [0.15, 0.2) is 188 Å². The standard InChI is InChI=1S/C42H39NO12S6/c1-30-5-9-34(10-6-30)58(48,49)37-21-23-40(24-22-37)61(54,55)41-25-26-42(32(27-41)28-43(2)3)57(46,47)29-31-7-11-35(12-8-31)59(50,51)38-17-19-39(20-18-38)60(52,53)36-15-13-33(14-16-36)56(4,44)45/h5-27H,28-29H2,1-4H3. The maximum absolute atomic E-state index is 13.9. The Labute approximate surface area is 356 Å². The first-order chi connectivity index (χ1) is 28.3. The molecule has 0 unspecified atom stereocenters. The third-order valence-corrected chi connectivity index (χ3v) is 19.6. The van der Waals surface area contributed by atoms with Crippen molar-refractivity contribution in [2.45, 2.75) is 68.2 Å². The Balaban J connectivity index is 1.21. The Kier molecular flexibility index (Phi) is 12.4. The lowest BCUT2D eigenvalue weighted by molar-refractivity contribution is 0.398. The molecule has 0 spiro atoms. The lowest BCUT2D eigenvalue weighted by atomic mass is 10.2. The predicted octanol–water partition coefficient (Wildman–Crippen LogP) is 5.77. The molecule has 0 saturated heterocycles. The van der Waals surface area contributed by atoms with E-state index in [9.17, 15) is 50.5 Å². The maximum atomic E-state index is 13.9. The molecule has 0 aliphatic heterocycles. The first kappa shape index (κ1) is 45.5. The molecular weight excluding hydrogens is 903 g/mol. The van der Waals surface area contributed by atoms with Gasteiger partial charge in [-0.05, 0) is 147 Å². The molecule has 0 aliphatic rings. The number of rotatable bonds is 14. The Hall–Kier alpha value is -5.02. The van der Waals surface area contributed by atoms with E-state index in [2.05, 4.69) is 0 Å². The van der Waals surface area contributed by atoms with Gasteiger partial charge in [0.15, 0.2) is 19.7 Å². The van der Waals surface area contributed by atoms with Gasteiger partial charge in [-0.1, -0.05) is 29.8 Å². The molecule has 6 aromatic rings. The van der Waals surface area contributed by atoms with E-state index in [4.69, 9.17) is 0 Å². The van der Waals surface area contributed by atoms with Gasteiger partial charge in [-0.15, -0.1) is 0 Å². The number of aryl methyl sites for hydroxylation is 1. The highest BCUT2D eigenvalue weighted by molar-refractivity contribution is 7.93. The van der Waals surface area contributed by atoms with Crippen molar-refractivity contribution in [2.24, 2.45) is 0 Å². The number of hydrogen-bond donors (Lipinski definition) is 0. The van der Waals surface area contributed by atoms with Crippen molar-refractivity contribution in [2.75, 3.05) is 20.4 Å². The molecule has 6 rings (SSSR count). The molecule has 320 valence electrons.